The minimum absolute atomic E-state index is 0.00215. The Morgan fingerprint density at radius 3 is 2.48 bits per heavy atom. The number of ether oxygens (including phenoxy) is 1. The predicted octanol–water partition coefficient (Wildman–Crippen LogP) is 1.50. The molecule has 0 spiro atoms. The maximum Gasteiger partial charge on any atom is 0.416 e. The number of barbiturate groups is 1. The van der Waals surface area contributed by atoms with Gasteiger partial charge in [-0.2, -0.15) is 13.2 Å². The number of urea groups is 1. The lowest BCUT2D eigenvalue weighted by Crippen LogP contribution is -2.54. The van der Waals surface area contributed by atoms with E-state index in [1.807, 2.05) is 5.32 Å². The number of halogens is 3. The Hall–Kier alpha value is -4.15. The fraction of sp³-hybridized carbons (Fsp3) is 0.100. The Labute approximate surface area is 172 Å². The molecule has 1 saturated heterocycles. The van der Waals surface area contributed by atoms with Crippen LogP contribution in [-0.4, -0.2) is 30.4 Å². The molecule has 160 valence electrons. The number of anilines is 1. The first-order chi connectivity index (χ1) is 14.6. The van der Waals surface area contributed by atoms with Gasteiger partial charge in [-0.3, -0.25) is 14.9 Å². The van der Waals surface area contributed by atoms with Crippen molar-refractivity contribution in [2.75, 3.05) is 11.5 Å². The standard InChI is InChI=1S/C20H13F3N2O6/c21-20(22,23)12-5-3-6-13(9-12)25-18(29)14(17(28)24-19(25)30)8-11-4-1-2-7-15(11)31-10-16(26)27/h1-9H,10H2,(H,26,27)(H,24,28,30)/p-1/b14-8+. The zero-order valence-electron chi connectivity index (χ0n) is 15.4. The number of nitrogens with zero attached hydrogens (tertiary/aromatic N) is 1. The van der Waals surface area contributed by atoms with Crippen molar-refractivity contribution in [3.05, 3.63) is 65.2 Å². The minimum atomic E-state index is -4.71. The van der Waals surface area contributed by atoms with E-state index < -0.39 is 53.4 Å². The molecule has 0 aliphatic carbocycles. The number of nitrogens with one attached hydrogen (secondary N) is 1. The molecule has 1 aliphatic rings. The number of hydrogen-bond acceptors (Lipinski definition) is 6. The van der Waals surface area contributed by atoms with Gasteiger partial charge in [0.1, 0.15) is 17.9 Å². The maximum absolute atomic E-state index is 13.0. The summed E-state index contributed by atoms with van der Waals surface area (Å²) in [6.45, 7) is -0.796. The highest BCUT2D eigenvalue weighted by atomic mass is 19.4. The summed E-state index contributed by atoms with van der Waals surface area (Å²) in [5, 5.41) is 12.5. The van der Waals surface area contributed by atoms with Crippen LogP contribution in [0.3, 0.4) is 0 Å². The lowest BCUT2D eigenvalue weighted by molar-refractivity contribution is -0.307. The topological polar surface area (TPSA) is 116 Å². The van der Waals surface area contributed by atoms with Gasteiger partial charge >= 0.3 is 12.2 Å². The molecule has 2 aromatic carbocycles. The molecule has 0 bridgehead atoms. The first kappa shape index (κ1) is 21.6. The number of carbonyl (C=O) groups excluding carboxylic acids is 4. The number of benzene rings is 2. The zero-order valence-corrected chi connectivity index (χ0v) is 15.4. The fourth-order valence-electron chi connectivity index (χ4n) is 2.74. The molecule has 1 heterocycles. The molecule has 0 aromatic heterocycles. The number of hydrogen-bond donors (Lipinski definition) is 1. The molecule has 2 aromatic rings. The summed E-state index contributed by atoms with van der Waals surface area (Å²) in [7, 11) is 0. The molecule has 0 unspecified atom stereocenters. The van der Waals surface area contributed by atoms with E-state index in [1.54, 1.807) is 0 Å². The molecule has 0 saturated carbocycles. The number of aliphatic carboxylic acids is 1. The number of carboxylic acid groups (broad SMARTS) is 1. The summed E-state index contributed by atoms with van der Waals surface area (Å²) in [4.78, 5) is 48.3. The van der Waals surface area contributed by atoms with Crippen molar-refractivity contribution < 1.29 is 42.2 Å². The zero-order chi connectivity index (χ0) is 22.8. The average Bonchev–Trinajstić information content (AvgIpc) is 2.69. The Bertz CT molecular complexity index is 1110. The molecular weight excluding hydrogens is 421 g/mol. The van der Waals surface area contributed by atoms with E-state index in [0.717, 1.165) is 24.3 Å². The second kappa shape index (κ2) is 8.30. The number of carboxylic acids is 1. The largest absolute Gasteiger partial charge is 0.546 e. The van der Waals surface area contributed by atoms with Crippen molar-refractivity contribution >= 4 is 35.6 Å². The third kappa shape index (κ3) is 4.71. The molecule has 0 radical (unpaired) electrons. The van der Waals surface area contributed by atoms with Crippen molar-refractivity contribution in [1.29, 1.82) is 0 Å². The fourth-order valence-corrected chi connectivity index (χ4v) is 2.74. The molecule has 8 nitrogen and oxygen atoms in total. The van der Waals surface area contributed by atoms with Crippen molar-refractivity contribution in [1.82, 2.24) is 5.32 Å². The van der Waals surface area contributed by atoms with Gasteiger partial charge in [-0.05, 0) is 30.3 Å². The summed E-state index contributed by atoms with van der Waals surface area (Å²) in [5.74, 6) is -3.74. The molecule has 0 atom stereocenters. The van der Waals surface area contributed by atoms with Crippen LogP contribution in [0.5, 0.6) is 5.75 Å². The van der Waals surface area contributed by atoms with Crippen LogP contribution < -0.4 is 20.1 Å². The third-order valence-electron chi connectivity index (χ3n) is 4.10. The number of carbonyl (C=O) groups is 4. The second-order valence-electron chi connectivity index (χ2n) is 6.20. The smallest absolute Gasteiger partial charge is 0.416 e. The monoisotopic (exact) mass is 433 g/mol. The van der Waals surface area contributed by atoms with Gasteiger partial charge in [-0.15, -0.1) is 0 Å². The molecule has 1 aliphatic heterocycles. The van der Waals surface area contributed by atoms with Crippen LogP contribution in [0.2, 0.25) is 0 Å². The molecule has 1 N–H and O–H groups in total. The number of amides is 4. The Balaban J connectivity index is 2.01. The summed E-state index contributed by atoms with van der Waals surface area (Å²) in [6, 6.07) is 8.07. The number of rotatable bonds is 5. The van der Waals surface area contributed by atoms with E-state index in [9.17, 15) is 37.5 Å². The van der Waals surface area contributed by atoms with E-state index in [0.29, 0.717) is 11.0 Å². The van der Waals surface area contributed by atoms with Gasteiger partial charge in [-0.25, -0.2) is 9.69 Å². The van der Waals surface area contributed by atoms with E-state index >= 15 is 0 Å². The van der Waals surface area contributed by atoms with Crippen LogP contribution in [0, 0.1) is 0 Å². The summed E-state index contributed by atoms with van der Waals surface area (Å²) >= 11 is 0. The quantitative estimate of drug-likeness (QED) is 0.565. The highest BCUT2D eigenvalue weighted by molar-refractivity contribution is 6.39. The molecular formula is C20H12F3N2O6-. The minimum Gasteiger partial charge on any atom is -0.546 e. The normalized spacial score (nSPS) is 15.8. The summed E-state index contributed by atoms with van der Waals surface area (Å²) in [5.41, 5.74) is -1.92. The molecule has 4 amide bonds. The highest BCUT2D eigenvalue weighted by Gasteiger charge is 2.38. The Morgan fingerprint density at radius 2 is 1.81 bits per heavy atom. The van der Waals surface area contributed by atoms with Crippen LogP contribution in [0.4, 0.5) is 23.7 Å². The summed E-state index contributed by atoms with van der Waals surface area (Å²) < 4.78 is 44.0. The van der Waals surface area contributed by atoms with Crippen LogP contribution in [-0.2, 0) is 20.6 Å². The van der Waals surface area contributed by atoms with E-state index in [4.69, 9.17) is 4.74 Å². The van der Waals surface area contributed by atoms with Gasteiger partial charge in [0.05, 0.1) is 17.2 Å². The van der Waals surface area contributed by atoms with Gasteiger partial charge in [0.15, 0.2) is 0 Å². The number of imide groups is 2. The van der Waals surface area contributed by atoms with Gasteiger partial charge in [0.25, 0.3) is 11.8 Å². The van der Waals surface area contributed by atoms with Crippen LogP contribution in [0.1, 0.15) is 11.1 Å². The molecule has 11 heteroatoms. The third-order valence-corrected chi connectivity index (χ3v) is 4.10. The van der Waals surface area contributed by atoms with Crippen molar-refractivity contribution in [2.24, 2.45) is 0 Å². The van der Waals surface area contributed by atoms with Gasteiger partial charge in [0, 0.05) is 5.56 Å². The molecule has 31 heavy (non-hydrogen) atoms. The van der Waals surface area contributed by atoms with Gasteiger partial charge in [-0.1, -0.05) is 24.3 Å². The van der Waals surface area contributed by atoms with Gasteiger partial charge < -0.3 is 14.6 Å². The Morgan fingerprint density at radius 1 is 1.10 bits per heavy atom. The number of para-hydroxylation sites is 1. The van der Waals surface area contributed by atoms with Crippen LogP contribution in [0.25, 0.3) is 6.08 Å². The highest BCUT2D eigenvalue weighted by Crippen LogP contribution is 2.33. The van der Waals surface area contributed by atoms with E-state index in [2.05, 4.69) is 0 Å². The summed E-state index contributed by atoms with van der Waals surface area (Å²) in [6.07, 6.45) is -3.68. The average molecular weight is 433 g/mol. The molecule has 1 fully saturated rings. The lowest BCUT2D eigenvalue weighted by atomic mass is 10.1. The second-order valence-corrected chi connectivity index (χ2v) is 6.20. The van der Waals surface area contributed by atoms with Gasteiger partial charge in [0.2, 0.25) is 0 Å². The van der Waals surface area contributed by atoms with E-state index in [1.165, 1.54) is 24.3 Å². The number of alkyl halides is 3. The first-order valence-electron chi connectivity index (χ1n) is 8.58. The van der Waals surface area contributed by atoms with Crippen molar-refractivity contribution in [3.63, 3.8) is 0 Å². The van der Waals surface area contributed by atoms with Crippen LogP contribution in [0.15, 0.2) is 54.1 Å². The first-order valence-corrected chi connectivity index (χ1v) is 8.58. The lowest BCUT2D eigenvalue weighted by Gasteiger charge is -2.27. The maximum atomic E-state index is 13.0. The Kier molecular flexibility index (Phi) is 5.77. The van der Waals surface area contributed by atoms with Crippen molar-refractivity contribution in [2.45, 2.75) is 6.18 Å². The SMILES string of the molecule is O=C([O-])COc1ccccc1/C=C1\C(=O)NC(=O)N(c2cccc(C(F)(F)F)c2)C1=O. The van der Waals surface area contributed by atoms with Crippen LogP contribution >= 0.6 is 0 Å². The van der Waals surface area contributed by atoms with E-state index in [-0.39, 0.29) is 11.3 Å². The predicted molar refractivity (Wildman–Crippen MR) is 97.4 cm³/mol. The van der Waals surface area contributed by atoms with Crippen molar-refractivity contribution in [3.8, 4) is 5.75 Å². The molecule has 3 rings (SSSR count).